The monoisotopic (exact) mass is 728 g/mol. The van der Waals surface area contributed by atoms with Crippen LogP contribution in [0.3, 0.4) is 0 Å². The van der Waals surface area contributed by atoms with Gasteiger partial charge in [0.1, 0.15) is 17.4 Å². The lowest BCUT2D eigenvalue weighted by molar-refractivity contribution is -0.137. The molecule has 2 N–H and O–H groups in total. The van der Waals surface area contributed by atoms with Gasteiger partial charge >= 0.3 is 6.18 Å². The fourth-order valence-corrected chi connectivity index (χ4v) is 7.92. The lowest BCUT2D eigenvalue weighted by Crippen LogP contribution is -2.41. The second-order valence-corrected chi connectivity index (χ2v) is 15.0. The van der Waals surface area contributed by atoms with Gasteiger partial charge in [-0.15, -0.1) is 0 Å². The molecule has 0 bridgehead atoms. The first kappa shape index (κ1) is 37.5. The molecule has 12 heteroatoms. The number of aromatic nitrogens is 1. The highest BCUT2D eigenvalue weighted by Crippen LogP contribution is 2.43. The molecule has 1 amide bonds. The number of hydrogen-bond donors (Lipinski definition) is 2. The quantitative estimate of drug-likeness (QED) is 0.225. The van der Waals surface area contributed by atoms with E-state index in [1.807, 2.05) is 0 Å². The number of carbonyl (C=O) groups excluding carboxylic acids is 1. The average molecular weight is 730 g/mol. The molecule has 1 saturated heterocycles. The molecule has 1 fully saturated rings. The number of aromatic hydroxyl groups is 1. The number of H-pyrrole nitrogens is 1. The molecule has 1 aliphatic heterocycles. The number of piperidine rings is 1. The van der Waals surface area contributed by atoms with Crippen LogP contribution in [-0.4, -0.2) is 52.5 Å². The Morgan fingerprint density at radius 2 is 1.82 bits per heavy atom. The van der Waals surface area contributed by atoms with Crippen LogP contribution < -0.4 is 5.56 Å². The number of pyridine rings is 1. The predicted molar refractivity (Wildman–Crippen MR) is 190 cm³/mol. The number of likely N-dealkylation sites (tertiary alicyclic amines) is 1. The van der Waals surface area contributed by atoms with Crippen molar-refractivity contribution in [1.82, 2.24) is 14.8 Å². The highest BCUT2D eigenvalue weighted by Gasteiger charge is 2.33. The molecule has 0 atom stereocenters. The van der Waals surface area contributed by atoms with Crippen LogP contribution in [-0.2, 0) is 17.5 Å². The minimum Gasteiger partial charge on any atom is -0.507 e. The van der Waals surface area contributed by atoms with Crippen molar-refractivity contribution in [2.24, 2.45) is 11.3 Å². The van der Waals surface area contributed by atoms with Crippen LogP contribution in [0.15, 0.2) is 52.3 Å². The zero-order chi connectivity index (χ0) is 36.5. The van der Waals surface area contributed by atoms with Crippen molar-refractivity contribution in [1.29, 1.82) is 5.26 Å². The third kappa shape index (κ3) is 8.06. The molecular formula is C38H41Cl2F3N4O3. The van der Waals surface area contributed by atoms with Gasteiger partial charge in [0.25, 0.3) is 5.56 Å². The van der Waals surface area contributed by atoms with Crippen molar-refractivity contribution in [3.05, 3.63) is 84.6 Å². The van der Waals surface area contributed by atoms with Crippen LogP contribution in [0.2, 0.25) is 10.0 Å². The lowest BCUT2D eigenvalue weighted by Gasteiger charge is -2.37. The summed E-state index contributed by atoms with van der Waals surface area (Å²) in [4.78, 5) is 33.1. The molecule has 266 valence electrons. The number of aromatic amines is 1. The number of nitrogens with one attached hydrogen (secondary N) is 1. The molecule has 2 aliphatic rings. The van der Waals surface area contributed by atoms with Gasteiger partial charge in [-0.2, -0.15) is 18.4 Å². The Morgan fingerprint density at radius 1 is 1.12 bits per heavy atom. The summed E-state index contributed by atoms with van der Waals surface area (Å²) in [6, 6.07) is 8.55. The number of benzene rings is 2. The van der Waals surface area contributed by atoms with E-state index in [0.717, 1.165) is 57.1 Å². The van der Waals surface area contributed by atoms with Gasteiger partial charge in [0, 0.05) is 58.4 Å². The number of alkyl halides is 3. The molecule has 7 nitrogen and oxygen atoms in total. The molecule has 0 spiro atoms. The first-order valence-corrected chi connectivity index (χ1v) is 17.5. The summed E-state index contributed by atoms with van der Waals surface area (Å²) in [5.41, 5.74) is 1.05. The van der Waals surface area contributed by atoms with Gasteiger partial charge < -0.3 is 19.9 Å². The molecule has 0 radical (unpaired) electrons. The van der Waals surface area contributed by atoms with E-state index in [1.165, 1.54) is 43.0 Å². The van der Waals surface area contributed by atoms with Crippen molar-refractivity contribution in [2.75, 3.05) is 26.7 Å². The topological polar surface area (TPSA) is 100 Å². The molecule has 1 aromatic heterocycles. The number of carbonyl (C=O) groups is 1. The van der Waals surface area contributed by atoms with Crippen molar-refractivity contribution in [2.45, 2.75) is 72.0 Å². The SMILES string of the molecule is CC1=C(CCN2CCC(C(=O)N(C)Cc3cc(Cl)cc(-c4cc(-c5cc(C(F)(F)F)ccc5Cl)c(C#N)c(=O)[nH]4)c3O)CC2)C(C)(C)CCC1. The summed E-state index contributed by atoms with van der Waals surface area (Å²) in [6.45, 7) is 9.59. The van der Waals surface area contributed by atoms with Crippen LogP contribution in [0.5, 0.6) is 5.75 Å². The van der Waals surface area contributed by atoms with Crippen molar-refractivity contribution >= 4 is 29.1 Å². The minimum absolute atomic E-state index is 0.00245. The van der Waals surface area contributed by atoms with E-state index in [1.54, 1.807) is 23.6 Å². The minimum atomic E-state index is -4.69. The van der Waals surface area contributed by atoms with Crippen molar-refractivity contribution in [3.8, 4) is 34.2 Å². The number of amides is 1. The van der Waals surface area contributed by atoms with E-state index in [4.69, 9.17) is 23.2 Å². The second kappa shape index (κ2) is 14.8. The van der Waals surface area contributed by atoms with E-state index in [0.29, 0.717) is 5.56 Å². The van der Waals surface area contributed by atoms with Crippen LogP contribution in [0.25, 0.3) is 22.4 Å². The second-order valence-electron chi connectivity index (χ2n) is 14.1. The van der Waals surface area contributed by atoms with E-state index in [2.05, 4.69) is 30.7 Å². The van der Waals surface area contributed by atoms with Gasteiger partial charge in [-0.1, -0.05) is 48.2 Å². The van der Waals surface area contributed by atoms with E-state index in [-0.39, 0.29) is 62.0 Å². The summed E-state index contributed by atoms with van der Waals surface area (Å²) in [7, 11) is 1.66. The fourth-order valence-electron chi connectivity index (χ4n) is 7.46. The summed E-state index contributed by atoms with van der Waals surface area (Å²) in [5.74, 6) is -0.495. The first-order valence-electron chi connectivity index (χ1n) is 16.7. The van der Waals surface area contributed by atoms with Gasteiger partial charge in [-0.3, -0.25) is 9.59 Å². The first-order chi connectivity index (χ1) is 23.5. The summed E-state index contributed by atoms with van der Waals surface area (Å²) >= 11 is 12.7. The summed E-state index contributed by atoms with van der Waals surface area (Å²) < 4.78 is 40.6. The van der Waals surface area contributed by atoms with Crippen LogP contribution in [0.1, 0.15) is 76.0 Å². The number of phenols is 1. The molecule has 50 heavy (non-hydrogen) atoms. The van der Waals surface area contributed by atoms with Crippen LogP contribution in [0, 0.1) is 22.7 Å². The average Bonchev–Trinajstić information content (AvgIpc) is 3.05. The summed E-state index contributed by atoms with van der Waals surface area (Å²) in [5, 5.41) is 21.2. The summed E-state index contributed by atoms with van der Waals surface area (Å²) in [6.07, 6.45) is 1.44. The Kier molecular flexibility index (Phi) is 11.1. The largest absolute Gasteiger partial charge is 0.507 e. The number of nitriles is 1. The van der Waals surface area contributed by atoms with Crippen molar-refractivity contribution < 1.29 is 23.1 Å². The number of halogens is 5. The Labute approximate surface area is 300 Å². The molecule has 2 heterocycles. The van der Waals surface area contributed by atoms with Crippen LogP contribution in [0.4, 0.5) is 13.2 Å². The number of phenolic OH excluding ortho intramolecular Hbond substituents is 1. The number of nitrogens with zero attached hydrogens (tertiary/aromatic N) is 3. The molecule has 0 saturated carbocycles. The normalized spacial score (nSPS) is 17.1. The maximum absolute atomic E-state index is 13.6. The highest BCUT2D eigenvalue weighted by molar-refractivity contribution is 6.33. The Hall–Kier alpha value is -3.78. The maximum atomic E-state index is 13.6. The molecule has 3 aromatic rings. The predicted octanol–water partition coefficient (Wildman–Crippen LogP) is 9.20. The number of allylic oxidation sites excluding steroid dienone is 1. The third-order valence-corrected chi connectivity index (χ3v) is 10.8. The van der Waals surface area contributed by atoms with Gasteiger partial charge in [0.15, 0.2) is 0 Å². The number of hydrogen-bond acceptors (Lipinski definition) is 5. The molecule has 0 unspecified atom stereocenters. The zero-order valence-corrected chi connectivity index (χ0v) is 30.1. The molecule has 1 aliphatic carbocycles. The van der Waals surface area contributed by atoms with Crippen LogP contribution >= 0.6 is 23.2 Å². The van der Waals surface area contributed by atoms with Gasteiger partial charge in [0.05, 0.1) is 11.3 Å². The number of rotatable bonds is 8. The van der Waals surface area contributed by atoms with Crippen molar-refractivity contribution in [3.63, 3.8) is 0 Å². The Balaban J connectivity index is 1.33. The van der Waals surface area contributed by atoms with E-state index >= 15 is 0 Å². The van der Waals surface area contributed by atoms with E-state index < -0.39 is 22.9 Å². The highest BCUT2D eigenvalue weighted by atomic mass is 35.5. The lowest BCUT2D eigenvalue weighted by atomic mass is 9.71. The smallest absolute Gasteiger partial charge is 0.416 e. The fraction of sp³-hybridized carbons (Fsp3) is 0.447. The van der Waals surface area contributed by atoms with Gasteiger partial charge in [-0.25, -0.2) is 0 Å². The molecule has 5 rings (SSSR count). The van der Waals surface area contributed by atoms with E-state index in [9.17, 15) is 33.1 Å². The molecule has 2 aromatic carbocycles. The Bertz CT molecular complexity index is 1920. The zero-order valence-electron chi connectivity index (χ0n) is 28.6. The maximum Gasteiger partial charge on any atom is 0.416 e. The Morgan fingerprint density at radius 3 is 2.46 bits per heavy atom. The molecular weight excluding hydrogens is 688 g/mol. The van der Waals surface area contributed by atoms with Gasteiger partial charge in [0.2, 0.25) is 5.91 Å². The van der Waals surface area contributed by atoms with Gasteiger partial charge in [-0.05, 0) is 100 Å². The standard InChI is InChI=1S/C38H41Cl2F3N4O3/c1-22-6-5-12-37(2,3)31(22)11-15-47-13-9-23(10-14-47)36(50)46(4)21-24-16-26(39)18-29(34(24)48)33-19-27(30(20-44)35(49)45-33)28-17-25(38(41,42)43)7-8-32(28)40/h7-8,16-19,23,48H,5-6,9-15,21H2,1-4H3,(H,45,49). The third-order valence-electron chi connectivity index (χ3n) is 10.3.